The van der Waals surface area contributed by atoms with Crippen molar-refractivity contribution in [3.8, 4) is 0 Å². The van der Waals surface area contributed by atoms with Crippen molar-refractivity contribution < 1.29 is 14.6 Å². The standard InChI is InChI=1S/C28H43NO4/c1-18(17-30)4-6-21-15-25-26(33-21)16-24-22-7-5-19-14-20(32-13-12-29-31)8-10-27(19,2)23(22)9-11-28(24,25)3/h5-6,18,20,22-26,30H,4,7-17H2,1-3H3/b21-6-. The summed E-state index contributed by atoms with van der Waals surface area (Å²) >= 11 is 0. The molecule has 0 spiro atoms. The molecule has 4 aliphatic carbocycles. The molecule has 9 atom stereocenters. The predicted molar refractivity (Wildman–Crippen MR) is 129 cm³/mol. The Morgan fingerprint density at radius 3 is 2.88 bits per heavy atom. The van der Waals surface area contributed by atoms with Gasteiger partial charge in [-0.25, -0.2) is 0 Å². The van der Waals surface area contributed by atoms with Crippen molar-refractivity contribution in [2.75, 3.05) is 19.8 Å². The molecule has 0 amide bonds. The molecule has 1 heterocycles. The number of hydrogen-bond donors (Lipinski definition) is 1. The van der Waals surface area contributed by atoms with Crippen molar-refractivity contribution in [2.24, 2.45) is 45.6 Å². The fourth-order valence-corrected chi connectivity index (χ4v) is 8.61. The van der Waals surface area contributed by atoms with Crippen molar-refractivity contribution in [1.82, 2.24) is 0 Å². The van der Waals surface area contributed by atoms with Crippen LogP contribution >= 0.6 is 0 Å². The third kappa shape index (κ3) is 4.01. The average Bonchev–Trinajstić information content (AvgIpc) is 3.34. The molecule has 1 N–H and O–H groups in total. The summed E-state index contributed by atoms with van der Waals surface area (Å²) in [6, 6.07) is 0. The van der Waals surface area contributed by atoms with Gasteiger partial charge in [0.2, 0.25) is 0 Å². The second-order valence-electron chi connectivity index (χ2n) is 12.3. The number of aliphatic hydroxyl groups excluding tert-OH is 1. The molecule has 4 fully saturated rings. The highest BCUT2D eigenvalue weighted by Crippen LogP contribution is 2.68. The Morgan fingerprint density at radius 1 is 1.24 bits per heavy atom. The molecular weight excluding hydrogens is 414 g/mol. The average molecular weight is 458 g/mol. The first kappa shape index (κ1) is 23.5. The summed E-state index contributed by atoms with van der Waals surface area (Å²) in [6.07, 6.45) is 16.0. The van der Waals surface area contributed by atoms with Crippen LogP contribution in [0.5, 0.6) is 0 Å². The van der Waals surface area contributed by atoms with Crippen molar-refractivity contribution in [1.29, 1.82) is 0 Å². The fourth-order valence-electron chi connectivity index (χ4n) is 8.61. The SMILES string of the molecule is CC(CO)C/C=C1/CC2C(CC3C4CC=C5CC(OCCN=O)CCC5(C)C4CCC23C)O1. The van der Waals surface area contributed by atoms with Crippen LogP contribution in [0, 0.1) is 45.3 Å². The van der Waals surface area contributed by atoms with Crippen LogP contribution in [0.4, 0.5) is 0 Å². The second-order valence-corrected chi connectivity index (χ2v) is 12.3. The third-order valence-corrected chi connectivity index (χ3v) is 10.6. The highest BCUT2D eigenvalue weighted by molar-refractivity contribution is 5.26. The minimum absolute atomic E-state index is 0.247. The topological polar surface area (TPSA) is 68.1 Å². The molecule has 0 bridgehead atoms. The van der Waals surface area contributed by atoms with Gasteiger partial charge in [-0.3, -0.25) is 0 Å². The van der Waals surface area contributed by atoms with E-state index in [1.807, 2.05) is 0 Å². The molecule has 0 aromatic rings. The molecule has 5 heteroatoms. The van der Waals surface area contributed by atoms with E-state index in [1.54, 1.807) is 5.57 Å². The van der Waals surface area contributed by atoms with Crippen LogP contribution in [-0.4, -0.2) is 37.1 Å². The molecule has 1 aliphatic heterocycles. The Kier molecular flexibility index (Phi) is 6.50. The molecule has 0 aromatic carbocycles. The zero-order valence-electron chi connectivity index (χ0n) is 20.8. The van der Waals surface area contributed by atoms with E-state index in [4.69, 9.17) is 9.47 Å². The summed E-state index contributed by atoms with van der Waals surface area (Å²) in [7, 11) is 0. The largest absolute Gasteiger partial charge is 0.495 e. The Morgan fingerprint density at radius 2 is 2.09 bits per heavy atom. The Balaban J connectivity index is 1.28. The number of ether oxygens (including phenoxy) is 2. The molecule has 33 heavy (non-hydrogen) atoms. The van der Waals surface area contributed by atoms with Gasteiger partial charge in [0, 0.05) is 18.9 Å². The van der Waals surface area contributed by atoms with Crippen LogP contribution in [0.1, 0.15) is 78.6 Å². The van der Waals surface area contributed by atoms with Crippen LogP contribution in [0.3, 0.4) is 0 Å². The van der Waals surface area contributed by atoms with Crippen LogP contribution < -0.4 is 0 Å². The quantitative estimate of drug-likeness (QED) is 0.288. The molecule has 0 aromatic heterocycles. The first-order chi connectivity index (χ1) is 15.9. The summed E-state index contributed by atoms with van der Waals surface area (Å²) in [5.41, 5.74) is 2.34. The lowest BCUT2D eigenvalue weighted by molar-refractivity contribution is -0.0566. The first-order valence-corrected chi connectivity index (χ1v) is 13.5. The number of allylic oxidation sites excluding steroid dienone is 3. The molecular formula is C28H43NO4. The van der Waals surface area contributed by atoms with Gasteiger partial charge in [0.05, 0.1) is 18.5 Å². The molecule has 184 valence electrons. The predicted octanol–water partition coefficient (Wildman–Crippen LogP) is 6.02. The summed E-state index contributed by atoms with van der Waals surface area (Å²) in [5, 5.41) is 12.3. The molecule has 0 radical (unpaired) electrons. The first-order valence-electron chi connectivity index (χ1n) is 13.5. The van der Waals surface area contributed by atoms with E-state index in [0.29, 0.717) is 35.4 Å². The second kappa shape index (κ2) is 9.11. The molecule has 5 nitrogen and oxygen atoms in total. The monoisotopic (exact) mass is 457 g/mol. The summed E-state index contributed by atoms with van der Waals surface area (Å²) in [4.78, 5) is 10.4. The number of hydrogen-bond acceptors (Lipinski definition) is 5. The van der Waals surface area contributed by atoms with Crippen molar-refractivity contribution in [3.63, 3.8) is 0 Å². The van der Waals surface area contributed by atoms with E-state index >= 15 is 0 Å². The number of rotatable bonds is 7. The van der Waals surface area contributed by atoms with E-state index in [1.165, 1.54) is 37.9 Å². The van der Waals surface area contributed by atoms with Crippen molar-refractivity contribution >= 4 is 0 Å². The normalized spacial score (nSPS) is 45.9. The van der Waals surface area contributed by atoms with Crippen molar-refractivity contribution in [2.45, 2.75) is 90.8 Å². The maximum atomic E-state index is 10.4. The number of aliphatic hydroxyl groups is 1. The zero-order valence-corrected chi connectivity index (χ0v) is 20.8. The number of nitroso groups, excluding NO2 is 1. The Hall–Kier alpha value is -1.20. The van der Waals surface area contributed by atoms with E-state index in [2.05, 4.69) is 38.1 Å². The van der Waals surface area contributed by atoms with E-state index in [-0.39, 0.29) is 19.3 Å². The van der Waals surface area contributed by atoms with Crippen LogP contribution in [0.25, 0.3) is 0 Å². The minimum atomic E-state index is 0.247. The lowest BCUT2D eigenvalue weighted by Crippen LogP contribution is -2.50. The highest BCUT2D eigenvalue weighted by atomic mass is 16.5. The van der Waals surface area contributed by atoms with Gasteiger partial charge in [0.15, 0.2) is 0 Å². The molecule has 9 unspecified atom stereocenters. The van der Waals surface area contributed by atoms with Crippen molar-refractivity contribution in [3.05, 3.63) is 28.4 Å². The third-order valence-electron chi connectivity index (χ3n) is 10.6. The van der Waals surface area contributed by atoms with Gasteiger partial charge in [-0.05, 0) is 91.9 Å². The molecule has 5 rings (SSSR count). The van der Waals surface area contributed by atoms with Gasteiger partial charge >= 0.3 is 0 Å². The summed E-state index contributed by atoms with van der Waals surface area (Å²) < 4.78 is 12.5. The highest BCUT2D eigenvalue weighted by Gasteiger charge is 2.63. The van der Waals surface area contributed by atoms with Crippen LogP contribution in [0.2, 0.25) is 0 Å². The Labute approximate surface area is 199 Å². The van der Waals surface area contributed by atoms with Gasteiger partial charge in [0.1, 0.15) is 12.6 Å². The van der Waals surface area contributed by atoms with Crippen LogP contribution in [0.15, 0.2) is 28.7 Å². The van der Waals surface area contributed by atoms with Crippen LogP contribution in [-0.2, 0) is 9.47 Å². The molecule has 5 aliphatic rings. The lowest BCUT2D eigenvalue weighted by atomic mass is 9.47. The minimum Gasteiger partial charge on any atom is -0.495 e. The van der Waals surface area contributed by atoms with Gasteiger partial charge in [-0.2, -0.15) is 4.91 Å². The zero-order chi connectivity index (χ0) is 23.2. The Bertz CT molecular complexity index is 808. The fraction of sp³-hybridized carbons (Fsp3) is 0.857. The lowest BCUT2D eigenvalue weighted by Gasteiger charge is -2.58. The maximum Gasteiger partial charge on any atom is 0.104 e. The summed E-state index contributed by atoms with van der Waals surface area (Å²) in [5.74, 6) is 4.50. The van der Waals surface area contributed by atoms with Gasteiger partial charge < -0.3 is 14.6 Å². The smallest absolute Gasteiger partial charge is 0.104 e. The van der Waals surface area contributed by atoms with Gasteiger partial charge in [-0.15, -0.1) is 0 Å². The number of fused-ring (bicyclic) bond motifs is 7. The van der Waals surface area contributed by atoms with Gasteiger partial charge in [-0.1, -0.05) is 37.6 Å². The van der Waals surface area contributed by atoms with E-state index in [0.717, 1.165) is 43.4 Å². The van der Waals surface area contributed by atoms with E-state index < -0.39 is 0 Å². The van der Waals surface area contributed by atoms with E-state index in [9.17, 15) is 10.0 Å². The maximum absolute atomic E-state index is 10.4. The molecule has 3 saturated carbocycles. The van der Waals surface area contributed by atoms with Gasteiger partial charge in [0.25, 0.3) is 0 Å². The summed E-state index contributed by atoms with van der Waals surface area (Å²) in [6.45, 7) is 8.18. The molecule has 1 saturated heterocycles. The number of nitrogens with zero attached hydrogens (tertiary/aromatic N) is 1.